The first kappa shape index (κ1) is 19.4. The molecule has 0 spiro atoms. The van der Waals surface area contributed by atoms with Gasteiger partial charge in [-0.3, -0.25) is 14.3 Å². The van der Waals surface area contributed by atoms with E-state index in [1.807, 2.05) is 0 Å². The van der Waals surface area contributed by atoms with E-state index in [-0.39, 0.29) is 11.4 Å². The summed E-state index contributed by atoms with van der Waals surface area (Å²) in [5.41, 5.74) is -0.166. The predicted molar refractivity (Wildman–Crippen MR) is 89.4 cm³/mol. The molecule has 0 radical (unpaired) electrons. The van der Waals surface area contributed by atoms with Gasteiger partial charge in [-0.2, -0.15) is 9.82 Å². The minimum Gasteiger partial charge on any atom is -0.481 e. The molecule has 10 heteroatoms. The molecule has 140 valence electrons. The van der Waals surface area contributed by atoms with Crippen molar-refractivity contribution < 1.29 is 23.1 Å². The summed E-state index contributed by atoms with van der Waals surface area (Å²) >= 11 is 0. The van der Waals surface area contributed by atoms with Crippen LogP contribution in [-0.4, -0.2) is 59.2 Å². The van der Waals surface area contributed by atoms with Gasteiger partial charge in [0.15, 0.2) is 0 Å². The number of hydrogen-bond donors (Lipinski definition) is 2. The summed E-state index contributed by atoms with van der Waals surface area (Å²) in [4.78, 5) is 25.3. The molecule has 2 N–H and O–H groups in total. The summed E-state index contributed by atoms with van der Waals surface area (Å²) in [6.07, 6.45) is 0.342. The lowest BCUT2D eigenvalue weighted by Gasteiger charge is -2.23. The van der Waals surface area contributed by atoms with Gasteiger partial charge < -0.3 is 10.0 Å². The van der Waals surface area contributed by atoms with E-state index in [2.05, 4.69) is 9.82 Å². The Labute approximate surface area is 147 Å². The second-order valence-electron chi connectivity index (χ2n) is 6.84. The van der Waals surface area contributed by atoms with Crippen LogP contribution >= 0.6 is 0 Å². The summed E-state index contributed by atoms with van der Waals surface area (Å²) < 4.78 is 29.1. The highest BCUT2D eigenvalue weighted by atomic mass is 32.2. The molecule has 1 aromatic rings. The first-order chi connectivity index (χ1) is 11.4. The van der Waals surface area contributed by atoms with Gasteiger partial charge in [0.2, 0.25) is 15.9 Å². The van der Waals surface area contributed by atoms with Crippen molar-refractivity contribution in [2.75, 3.05) is 13.1 Å². The molecule has 1 aliphatic heterocycles. The van der Waals surface area contributed by atoms with Crippen LogP contribution < -0.4 is 4.72 Å². The fourth-order valence-corrected chi connectivity index (χ4v) is 4.72. The highest BCUT2D eigenvalue weighted by Gasteiger charge is 2.43. The third-order valence-electron chi connectivity index (χ3n) is 4.72. The zero-order valence-corrected chi connectivity index (χ0v) is 15.8. The van der Waals surface area contributed by atoms with Gasteiger partial charge in [-0.15, -0.1) is 0 Å². The third-order valence-corrected chi connectivity index (χ3v) is 6.51. The Morgan fingerprint density at radius 3 is 2.40 bits per heavy atom. The van der Waals surface area contributed by atoms with E-state index >= 15 is 0 Å². The number of aryl methyl sites for hydroxylation is 2. The van der Waals surface area contributed by atoms with Gasteiger partial charge >= 0.3 is 5.97 Å². The molecule has 2 rings (SSSR count). The summed E-state index contributed by atoms with van der Waals surface area (Å²) in [6.45, 7) is 6.63. The fraction of sp³-hybridized carbons (Fsp3) is 0.667. The molecule has 0 aromatic carbocycles. The Balaban J connectivity index is 2.15. The van der Waals surface area contributed by atoms with E-state index < -0.39 is 33.4 Å². The van der Waals surface area contributed by atoms with Crippen LogP contribution in [-0.2, 0) is 26.7 Å². The highest BCUT2D eigenvalue weighted by molar-refractivity contribution is 7.89. The average molecular weight is 372 g/mol. The average Bonchev–Trinajstić information content (AvgIpc) is 3.00. The number of hydrogen-bond acceptors (Lipinski definition) is 5. The molecule has 1 amide bonds. The Bertz CT molecular complexity index is 816. The van der Waals surface area contributed by atoms with Gasteiger partial charge in [-0.1, -0.05) is 0 Å². The summed E-state index contributed by atoms with van der Waals surface area (Å²) in [5.74, 6) is -1.40. The van der Waals surface area contributed by atoms with Crippen LogP contribution in [0.3, 0.4) is 0 Å². The lowest BCUT2D eigenvalue weighted by Crippen LogP contribution is -2.47. The quantitative estimate of drug-likeness (QED) is 0.752. The number of carboxylic acids is 1. The van der Waals surface area contributed by atoms with Crippen molar-refractivity contribution in [3.8, 4) is 0 Å². The second kappa shape index (κ2) is 6.41. The lowest BCUT2D eigenvalue weighted by atomic mass is 9.90. The minimum atomic E-state index is -3.92. The number of carbonyl (C=O) groups is 2. The van der Waals surface area contributed by atoms with Crippen LogP contribution in [0.4, 0.5) is 0 Å². The number of amides is 1. The number of carbonyl (C=O) groups excluding carboxylic acids is 1. The van der Waals surface area contributed by atoms with E-state index in [4.69, 9.17) is 0 Å². The maximum absolute atomic E-state index is 12.6. The van der Waals surface area contributed by atoms with Crippen LogP contribution in [0, 0.1) is 19.3 Å². The Morgan fingerprint density at radius 1 is 1.36 bits per heavy atom. The molecule has 25 heavy (non-hydrogen) atoms. The summed E-state index contributed by atoms with van der Waals surface area (Å²) in [6, 6.07) is -1.000. The number of nitrogens with zero attached hydrogens (tertiary/aromatic N) is 3. The van der Waals surface area contributed by atoms with Crippen molar-refractivity contribution in [1.29, 1.82) is 0 Å². The number of aromatic nitrogens is 2. The molecule has 2 heterocycles. The molecule has 0 aliphatic carbocycles. The largest absolute Gasteiger partial charge is 0.481 e. The van der Waals surface area contributed by atoms with Gasteiger partial charge in [0.1, 0.15) is 4.90 Å². The molecule has 0 saturated carbocycles. The van der Waals surface area contributed by atoms with Crippen LogP contribution in [0.25, 0.3) is 0 Å². The van der Waals surface area contributed by atoms with Crippen molar-refractivity contribution in [2.24, 2.45) is 12.5 Å². The molecule has 9 nitrogen and oxygen atoms in total. The maximum Gasteiger partial charge on any atom is 0.311 e. The number of carboxylic acid groups (broad SMARTS) is 1. The lowest BCUT2D eigenvalue weighted by molar-refractivity contribution is -0.147. The van der Waals surface area contributed by atoms with Crippen LogP contribution in [0.1, 0.15) is 31.7 Å². The normalized spacial score (nSPS) is 22.2. The number of rotatable bonds is 5. The van der Waals surface area contributed by atoms with E-state index in [0.717, 1.165) is 0 Å². The summed E-state index contributed by atoms with van der Waals surface area (Å²) in [7, 11) is -2.27. The van der Waals surface area contributed by atoms with Crippen molar-refractivity contribution in [3.63, 3.8) is 0 Å². The molecular formula is C15H24N4O5S. The smallest absolute Gasteiger partial charge is 0.311 e. The number of aliphatic carboxylic acids is 1. The van der Waals surface area contributed by atoms with E-state index in [0.29, 0.717) is 24.4 Å². The van der Waals surface area contributed by atoms with Crippen LogP contribution in [0.15, 0.2) is 4.90 Å². The molecule has 1 aliphatic rings. The maximum atomic E-state index is 12.6. The second-order valence-corrected chi connectivity index (χ2v) is 8.49. The van der Waals surface area contributed by atoms with Crippen molar-refractivity contribution in [2.45, 2.75) is 45.1 Å². The molecule has 0 bridgehead atoms. The SMILES string of the molecule is Cc1nn(C)c(C)c1S(=O)(=O)NC(C)C(=O)N1CCC(C)(C(=O)O)C1. The van der Waals surface area contributed by atoms with Crippen molar-refractivity contribution in [3.05, 3.63) is 11.4 Å². The van der Waals surface area contributed by atoms with Crippen molar-refractivity contribution >= 4 is 21.9 Å². The zero-order valence-electron chi connectivity index (χ0n) is 15.0. The third kappa shape index (κ3) is 3.54. The van der Waals surface area contributed by atoms with Gasteiger partial charge in [0, 0.05) is 20.1 Å². The zero-order chi connectivity index (χ0) is 19.2. The summed E-state index contributed by atoms with van der Waals surface area (Å²) in [5, 5.41) is 13.3. The Hall–Kier alpha value is -1.94. The first-order valence-corrected chi connectivity index (χ1v) is 9.42. The number of sulfonamides is 1. The van der Waals surface area contributed by atoms with E-state index in [1.54, 1.807) is 27.8 Å². The van der Waals surface area contributed by atoms with Gasteiger partial charge in [0.05, 0.1) is 22.8 Å². The monoisotopic (exact) mass is 372 g/mol. The van der Waals surface area contributed by atoms with Crippen LogP contribution in [0.5, 0.6) is 0 Å². The standard InChI is InChI=1S/C15H24N4O5S/c1-9-12(11(3)18(5)16-9)25(23,24)17-10(2)13(20)19-7-6-15(4,8-19)14(21)22/h10,17H,6-8H2,1-5H3,(H,21,22). The number of nitrogens with one attached hydrogen (secondary N) is 1. The molecule has 1 saturated heterocycles. The van der Waals surface area contributed by atoms with Crippen LogP contribution in [0.2, 0.25) is 0 Å². The predicted octanol–water partition coefficient (Wildman–Crippen LogP) is 0.0269. The molecule has 2 atom stereocenters. The Morgan fingerprint density at radius 2 is 1.96 bits per heavy atom. The molecule has 1 fully saturated rings. The first-order valence-electron chi connectivity index (χ1n) is 7.94. The van der Waals surface area contributed by atoms with E-state index in [1.165, 1.54) is 16.5 Å². The Kier molecular flexibility index (Phi) is 4.97. The fourth-order valence-electron chi connectivity index (χ4n) is 3.08. The topological polar surface area (TPSA) is 122 Å². The van der Waals surface area contributed by atoms with Crippen molar-refractivity contribution in [1.82, 2.24) is 19.4 Å². The minimum absolute atomic E-state index is 0.0615. The highest BCUT2D eigenvalue weighted by Crippen LogP contribution is 2.30. The molecule has 2 unspecified atom stereocenters. The van der Waals surface area contributed by atoms with Gasteiger partial charge in [-0.25, -0.2) is 8.42 Å². The van der Waals surface area contributed by atoms with E-state index in [9.17, 15) is 23.1 Å². The molecular weight excluding hydrogens is 348 g/mol. The van der Waals surface area contributed by atoms with Gasteiger partial charge in [-0.05, 0) is 34.1 Å². The van der Waals surface area contributed by atoms with Gasteiger partial charge in [0.25, 0.3) is 0 Å². The number of likely N-dealkylation sites (tertiary alicyclic amines) is 1. The molecule has 1 aromatic heterocycles.